The molecule has 2 nitrogen and oxygen atoms in total. The SMILES string of the molecule is CCO[C@@H]1C[Si](C)(C)O[C@H]1c1ccccc1. The Bertz CT molecular complexity index is 337. The Balaban J connectivity index is 2.19. The van der Waals surface area contributed by atoms with Crippen LogP contribution in [0.2, 0.25) is 19.1 Å². The second-order valence-electron chi connectivity index (χ2n) is 4.91. The Hall–Kier alpha value is -0.643. The Morgan fingerprint density at radius 1 is 1.31 bits per heavy atom. The molecule has 0 radical (unpaired) electrons. The summed E-state index contributed by atoms with van der Waals surface area (Å²) in [7, 11) is -1.51. The van der Waals surface area contributed by atoms with Crippen LogP contribution >= 0.6 is 0 Å². The molecule has 0 bridgehead atoms. The minimum atomic E-state index is -1.51. The molecule has 1 aromatic rings. The van der Waals surface area contributed by atoms with Crippen LogP contribution in [0.4, 0.5) is 0 Å². The van der Waals surface area contributed by atoms with Crippen molar-refractivity contribution in [1.29, 1.82) is 0 Å². The van der Waals surface area contributed by atoms with Crippen LogP contribution in [0.25, 0.3) is 0 Å². The van der Waals surface area contributed by atoms with Gasteiger partial charge in [-0.25, -0.2) is 0 Å². The molecule has 88 valence electrons. The van der Waals surface area contributed by atoms with Gasteiger partial charge in [0, 0.05) is 6.61 Å². The van der Waals surface area contributed by atoms with Gasteiger partial charge in [0.1, 0.15) is 0 Å². The van der Waals surface area contributed by atoms with Gasteiger partial charge >= 0.3 is 0 Å². The molecule has 2 rings (SSSR count). The summed E-state index contributed by atoms with van der Waals surface area (Å²) in [6.45, 7) is 7.35. The van der Waals surface area contributed by atoms with E-state index >= 15 is 0 Å². The summed E-state index contributed by atoms with van der Waals surface area (Å²) in [4.78, 5) is 0. The highest BCUT2D eigenvalue weighted by Crippen LogP contribution is 2.39. The highest BCUT2D eigenvalue weighted by Gasteiger charge is 2.43. The molecule has 3 heteroatoms. The van der Waals surface area contributed by atoms with Crippen molar-refractivity contribution >= 4 is 8.32 Å². The maximum atomic E-state index is 6.21. The van der Waals surface area contributed by atoms with Gasteiger partial charge in [0.25, 0.3) is 0 Å². The molecule has 2 atom stereocenters. The molecule has 1 heterocycles. The summed E-state index contributed by atoms with van der Waals surface area (Å²) < 4.78 is 12.0. The van der Waals surface area contributed by atoms with Gasteiger partial charge in [-0.2, -0.15) is 0 Å². The van der Waals surface area contributed by atoms with Crippen molar-refractivity contribution in [3.8, 4) is 0 Å². The van der Waals surface area contributed by atoms with Gasteiger partial charge in [0.2, 0.25) is 0 Å². The van der Waals surface area contributed by atoms with Crippen LogP contribution in [0.15, 0.2) is 30.3 Å². The van der Waals surface area contributed by atoms with E-state index in [1.807, 2.05) is 6.07 Å². The molecular weight excluding hydrogens is 216 g/mol. The highest BCUT2D eigenvalue weighted by molar-refractivity contribution is 6.72. The molecule has 1 aliphatic heterocycles. The molecular formula is C13H20O2Si. The van der Waals surface area contributed by atoms with Crippen LogP contribution in [0.3, 0.4) is 0 Å². The van der Waals surface area contributed by atoms with Crippen LogP contribution in [-0.4, -0.2) is 21.0 Å². The van der Waals surface area contributed by atoms with Crippen molar-refractivity contribution in [1.82, 2.24) is 0 Å². The molecule has 0 saturated carbocycles. The van der Waals surface area contributed by atoms with Gasteiger partial charge in [-0.15, -0.1) is 0 Å². The van der Waals surface area contributed by atoms with Gasteiger partial charge in [0.15, 0.2) is 8.32 Å². The quantitative estimate of drug-likeness (QED) is 0.749. The van der Waals surface area contributed by atoms with E-state index in [1.54, 1.807) is 0 Å². The minimum absolute atomic E-state index is 0.141. The molecule has 1 saturated heterocycles. The van der Waals surface area contributed by atoms with Gasteiger partial charge in [0.05, 0.1) is 12.2 Å². The summed E-state index contributed by atoms with van der Waals surface area (Å²) in [6.07, 6.45) is 0.386. The van der Waals surface area contributed by atoms with E-state index in [-0.39, 0.29) is 12.2 Å². The summed E-state index contributed by atoms with van der Waals surface area (Å²) in [6, 6.07) is 11.5. The lowest BCUT2D eigenvalue weighted by molar-refractivity contribution is 0.0123. The van der Waals surface area contributed by atoms with Crippen molar-refractivity contribution in [2.75, 3.05) is 6.61 Å². The van der Waals surface area contributed by atoms with E-state index in [0.717, 1.165) is 12.7 Å². The molecule has 1 fully saturated rings. The first-order chi connectivity index (χ1) is 7.62. The Labute approximate surface area is 98.7 Å². The third-order valence-corrected chi connectivity index (χ3v) is 5.26. The Morgan fingerprint density at radius 3 is 2.62 bits per heavy atom. The first-order valence-electron chi connectivity index (χ1n) is 5.97. The molecule has 0 spiro atoms. The van der Waals surface area contributed by atoms with Gasteiger partial charge < -0.3 is 9.16 Å². The van der Waals surface area contributed by atoms with E-state index in [1.165, 1.54) is 5.56 Å². The van der Waals surface area contributed by atoms with Gasteiger partial charge in [-0.1, -0.05) is 30.3 Å². The molecule has 1 aromatic carbocycles. The number of hydrogen-bond donors (Lipinski definition) is 0. The first kappa shape index (κ1) is 11.8. The first-order valence-corrected chi connectivity index (χ1v) is 9.08. The zero-order valence-corrected chi connectivity index (χ0v) is 11.3. The van der Waals surface area contributed by atoms with Crippen molar-refractivity contribution in [2.24, 2.45) is 0 Å². The molecule has 0 unspecified atom stereocenters. The lowest BCUT2D eigenvalue weighted by Crippen LogP contribution is -2.24. The maximum Gasteiger partial charge on any atom is 0.190 e. The molecule has 0 aliphatic carbocycles. The maximum absolute atomic E-state index is 6.21. The molecule has 0 aromatic heterocycles. The fourth-order valence-corrected chi connectivity index (χ4v) is 4.72. The number of rotatable bonds is 3. The van der Waals surface area contributed by atoms with Crippen molar-refractivity contribution in [2.45, 2.75) is 38.3 Å². The predicted molar refractivity (Wildman–Crippen MR) is 68.0 cm³/mol. The third-order valence-electron chi connectivity index (χ3n) is 2.99. The third kappa shape index (κ3) is 2.54. The molecule has 1 aliphatic rings. The molecule has 16 heavy (non-hydrogen) atoms. The van der Waals surface area contributed by atoms with Crippen molar-refractivity contribution < 1.29 is 9.16 Å². The summed E-state index contributed by atoms with van der Waals surface area (Å²) in [5.41, 5.74) is 1.25. The van der Waals surface area contributed by atoms with E-state index < -0.39 is 8.32 Å². The van der Waals surface area contributed by atoms with E-state index in [4.69, 9.17) is 9.16 Å². The number of hydrogen-bond acceptors (Lipinski definition) is 2. The smallest absolute Gasteiger partial charge is 0.190 e. The standard InChI is InChI=1S/C13H20O2Si/c1-4-14-12-10-16(2,3)15-13(12)11-8-6-5-7-9-11/h5-9,12-13H,4,10H2,1-3H3/t12-,13+/m1/s1. The second-order valence-corrected chi connectivity index (χ2v) is 9.07. The largest absolute Gasteiger partial charge is 0.408 e. The van der Waals surface area contributed by atoms with E-state index in [0.29, 0.717) is 0 Å². The lowest BCUT2D eigenvalue weighted by Gasteiger charge is -2.20. The number of ether oxygens (including phenoxy) is 1. The highest BCUT2D eigenvalue weighted by atomic mass is 28.4. The summed E-state index contributed by atoms with van der Waals surface area (Å²) in [5, 5.41) is 0. The second kappa shape index (κ2) is 4.70. The minimum Gasteiger partial charge on any atom is -0.408 e. The van der Waals surface area contributed by atoms with Crippen molar-refractivity contribution in [3.63, 3.8) is 0 Å². The topological polar surface area (TPSA) is 18.5 Å². The number of benzene rings is 1. The Morgan fingerprint density at radius 2 is 2.00 bits per heavy atom. The van der Waals surface area contributed by atoms with Crippen LogP contribution in [-0.2, 0) is 9.16 Å². The average Bonchev–Trinajstić information content (AvgIpc) is 2.56. The predicted octanol–water partition coefficient (Wildman–Crippen LogP) is 3.37. The summed E-state index contributed by atoms with van der Waals surface area (Å²) in [5.74, 6) is 0. The monoisotopic (exact) mass is 236 g/mol. The zero-order valence-electron chi connectivity index (χ0n) is 10.3. The van der Waals surface area contributed by atoms with Gasteiger partial charge in [-0.3, -0.25) is 0 Å². The molecule has 0 amide bonds. The lowest BCUT2D eigenvalue weighted by atomic mass is 10.1. The van der Waals surface area contributed by atoms with Gasteiger partial charge in [-0.05, 0) is 31.6 Å². The van der Waals surface area contributed by atoms with Crippen LogP contribution < -0.4 is 0 Å². The average molecular weight is 236 g/mol. The summed E-state index contributed by atoms with van der Waals surface area (Å²) >= 11 is 0. The zero-order chi connectivity index (χ0) is 11.6. The van der Waals surface area contributed by atoms with Crippen LogP contribution in [0, 0.1) is 0 Å². The van der Waals surface area contributed by atoms with Crippen molar-refractivity contribution in [3.05, 3.63) is 35.9 Å². The van der Waals surface area contributed by atoms with E-state index in [2.05, 4.69) is 44.3 Å². The van der Waals surface area contributed by atoms with Crippen LogP contribution in [0.1, 0.15) is 18.6 Å². The fourth-order valence-electron chi connectivity index (χ4n) is 2.35. The Kier molecular flexibility index (Phi) is 3.47. The fraction of sp³-hybridized carbons (Fsp3) is 0.538. The normalized spacial score (nSPS) is 28.2. The van der Waals surface area contributed by atoms with E-state index in [9.17, 15) is 0 Å². The van der Waals surface area contributed by atoms with Crippen LogP contribution in [0.5, 0.6) is 0 Å². The molecule has 0 N–H and O–H groups in total.